The Balaban J connectivity index is 1.61. The zero-order valence-corrected chi connectivity index (χ0v) is 12.9. The molecule has 2 aliphatic carbocycles. The van der Waals surface area contributed by atoms with Crippen LogP contribution < -0.4 is 10.6 Å². The van der Waals surface area contributed by atoms with E-state index in [1.807, 2.05) is 11.0 Å². The SMILES string of the molecule is N[C@@H]1CCC[C@H]1CC(=O)N1CC2(CCC2)c2c(F)cccc21. The number of rotatable bonds is 2. The molecule has 0 aromatic heterocycles. The number of hydrogen-bond acceptors (Lipinski definition) is 2. The largest absolute Gasteiger partial charge is 0.327 e. The number of fused-ring (bicyclic) bond motifs is 2. The minimum Gasteiger partial charge on any atom is -0.327 e. The van der Waals surface area contributed by atoms with E-state index in [1.54, 1.807) is 6.07 Å². The summed E-state index contributed by atoms with van der Waals surface area (Å²) >= 11 is 0. The van der Waals surface area contributed by atoms with Crippen molar-refractivity contribution in [1.82, 2.24) is 0 Å². The van der Waals surface area contributed by atoms with Crippen LogP contribution in [0.4, 0.5) is 10.1 Å². The first kappa shape index (κ1) is 14.2. The lowest BCUT2D eigenvalue weighted by Crippen LogP contribution is -2.42. The fourth-order valence-corrected chi connectivity index (χ4v) is 4.62. The fraction of sp³-hybridized carbons (Fsp3) is 0.611. The minimum atomic E-state index is -0.148. The Bertz CT molecular complexity index is 611. The third-order valence-corrected chi connectivity index (χ3v) is 6.04. The van der Waals surface area contributed by atoms with Gasteiger partial charge < -0.3 is 10.6 Å². The highest BCUT2D eigenvalue weighted by molar-refractivity contribution is 5.96. The molecule has 3 nitrogen and oxygen atoms in total. The Hall–Kier alpha value is -1.42. The summed E-state index contributed by atoms with van der Waals surface area (Å²) < 4.78 is 14.4. The maximum atomic E-state index is 14.4. The number of nitrogens with two attached hydrogens (primary N) is 1. The maximum Gasteiger partial charge on any atom is 0.227 e. The van der Waals surface area contributed by atoms with E-state index < -0.39 is 0 Å². The van der Waals surface area contributed by atoms with Crippen LogP contribution in [0.25, 0.3) is 0 Å². The molecule has 22 heavy (non-hydrogen) atoms. The molecule has 2 N–H and O–H groups in total. The molecule has 2 fully saturated rings. The third-order valence-electron chi connectivity index (χ3n) is 6.04. The van der Waals surface area contributed by atoms with Gasteiger partial charge in [-0.2, -0.15) is 0 Å². The summed E-state index contributed by atoms with van der Waals surface area (Å²) in [6, 6.07) is 5.29. The second-order valence-corrected chi connectivity index (χ2v) is 7.31. The van der Waals surface area contributed by atoms with Crippen LogP contribution in [0.5, 0.6) is 0 Å². The predicted octanol–water partition coefficient (Wildman–Crippen LogP) is 3.11. The number of halogens is 1. The highest BCUT2D eigenvalue weighted by Crippen LogP contribution is 2.53. The Morgan fingerprint density at radius 3 is 2.77 bits per heavy atom. The summed E-state index contributed by atoms with van der Waals surface area (Å²) in [4.78, 5) is 14.6. The zero-order valence-electron chi connectivity index (χ0n) is 12.9. The predicted molar refractivity (Wildman–Crippen MR) is 84.2 cm³/mol. The summed E-state index contributed by atoms with van der Waals surface area (Å²) in [7, 11) is 0. The Labute approximate surface area is 130 Å². The summed E-state index contributed by atoms with van der Waals surface area (Å²) in [5.41, 5.74) is 7.57. The second kappa shape index (κ2) is 5.05. The molecule has 2 atom stereocenters. The molecule has 0 saturated heterocycles. The molecule has 4 heteroatoms. The van der Waals surface area contributed by atoms with Crippen molar-refractivity contribution in [3.8, 4) is 0 Å². The van der Waals surface area contributed by atoms with E-state index in [0.717, 1.165) is 49.8 Å². The van der Waals surface area contributed by atoms with Gasteiger partial charge in [0.05, 0.1) is 5.69 Å². The van der Waals surface area contributed by atoms with Crippen molar-refractivity contribution < 1.29 is 9.18 Å². The van der Waals surface area contributed by atoms with E-state index in [-0.39, 0.29) is 23.2 Å². The average molecular weight is 302 g/mol. The molecule has 0 bridgehead atoms. The van der Waals surface area contributed by atoms with Gasteiger partial charge in [0.2, 0.25) is 5.91 Å². The number of carbonyl (C=O) groups is 1. The standard InChI is InChI=1S/C18H23FN2O/c19-13-5-2-7-15-17(13)18(8-3-9-18)11-21(15)16(22)10-12-4-1-6-14(12)20/h2,5,7,12,14H,1,3-4,6,8-11,20H2/t12-,14+/m0/s1. The van der Waals surface area contributed by atoms with Crippen LogP contribution in [0.2, 0.25) is 0 Å². The average Bonchev–Trinajstić information content (AvgIpc) is 3.01. The van der Waals surface area contributed by atoms with Crippen molar-refractivity contribution >= 4 is 11.6 Å². The van der Waals surface area contributed by atoms with Gasteiger partial charge in [-0.3, -0.25) is 4.79 Å². The number of hydrogen-bond donors (Lipinski definition) is 1. The molecule has 1 aromatic rings. The van der Waals surface area contributed by atoms with Gasteiger partial charge in [0.25, 0.3) is 0 Å². The van der Waals surface area contributed by atoms with Gasteiger partial charge in [-0.1, -0.05) is 18.9 Å². The topological polar surface area (TPSA) is 46.3 Å². The first-order chi connectivity index (χ1) is 10.6. The summed E-state index contributed by atoms with van der Waals surface area (Å²) in [6.07, 6.45) is 6.81. The van der Waals surface area contributed by atoms with Gasteiger partial charge in [0.1, 0.15) is 5.82 Å². The van der Waals surface area contributed by atoms with Crippen LogP contribution in [0.1, 0.15) is 50.5 Å². The molecule has 1 aromatic carbocycles. The first-order valence-corrected chi connectivity index (χ1v) is 8.46. The number of nitrogens with zero attached hydrogens (tertiary/aromatic N) is 1. The van der Waals surface area contributed by atoms with Crippen molar-refractivity contribution in [3.05, 3.63) is 29.6 Å². The van der Waals surface area contributed by atoms with E-state index in [1.165, 1.54) is 6.07 Å². The molecule has 0 unspecified atom stereocenters. The van der Waals surface area contributed by atoms with Crippen molar-refractivity contribution in [3.63, 3.8) is 0 Å². The Kier molecular flexibility index (Phi) is 3.26. The molecule has 3 aliphatic rings. The van der Waals surface area contributed by atoms with Crippen LogP contribution in [-0.4, -0.2) is 18.5 Å². The van der Waals surface area contributed by atoms with Gasteiger partial charge in [-0.15, -0.1) is 0 Å². The van der Waals surface area contributed by atoms with Crippen LogP contribution in [0.15, 0.2) is 18.2 Å². The molecule has 2 saturated carbocycles. The van der Waals surface area contributed by atoms with Gasteiger partial charge in [0, 0.05) is 30.0 Å². The Morgan fingerprint density at radius 2 is 2.14 bits per heavy atom. The van der Waals surface area contributed by atoms with E-state index in [2.05, 4.69) is 0 Å². The molecule has 1 aliphatic heterocycles. The lowest BCUT2D eigenvalue weighted by molar-refractivity contribution is -0.119. The molecular formula is C18H23FN2O. The highest BCUT2D eigenvalue weighted by Gasteiger charge is 2.50. The maximum absolute atomic E-state index is 14.4. The van der Waals surface area contributed by atoms with E-state index in [4.69, 9.17) is 5.73 Å². The summed E-state index contributed by atoms with van der Waals surface area (Å²) in [5, 5.41) is 0. The molecule has 4 rings (SSSR count). The second-order valence-electron chi connectivity index (χ2n) is 7.31. The fourth-order valence-electron chi connectivity index (χ4n) is 4.62. The summed E-state index contributed by atoms with van der Waals surface area (Å²) in [6.45, 7) is 0.657. The van der Waals surface area contributed by atoms with Crippen LogP contribution >= 0.6 is 0 Å². The molecule has 1 amide bonds. The summed E-state index contributed by atoms with van der Waals surface area (Å²) in [5.74, 6) is 0.269. The third kappa shape index (κ3) is 2.00. The molecular weight excluding hydrogens is 279 g/mol. The van der Waals surface area contributed by atoms with Gasteiger partial charge >= 0.3 is 0 Å². The van der Waals surface area contributed by atoms with Crippen LogP contribution in [0, 0.1) is 11.7 Å². The van der Waals surface area contributed by atoms with Gasteiger partial charge in [-0.05, 0) is 43.7 Å². The molecule has 118 valence electrons. The highest BCUT2D eigenvalue weighted by atomic mass is 19.1. The van der Waals surface area contributed by atoms with E-state index in [9.17, 15) is 9.18 Å². The minimum absolute atomic E-state index is 0.117. The molecule has 1 heterocycles. The van der Waals surface area contributed by atoms with Crippen molar-refractivity contribution in [2.24, 2.45) is 11.7 Å². The number of amides is 1. The van der Waals surface area contributed by atoms with E-state index in [0.29, 0.717) is 18.9 Å². The van der Waals surface area contributed by atoms with Crippen LogP contribution in [-0.2, 0) is 10.2 Å². The van der Waals surface area contributed by atoms with Crippen molar-refractivity contribution in [2.45, 2.75) is 56.4 Å². The lowest BCUT2D eigenvalue weighted by Gasteiger charge is -2.39. The smallest absolute Gasteiger partial charge is 0.227 e. The molecule has 1 spiro atoms. The zero-order chi connectivity index (χ0) is 15.3. The first-order valence-electron chi connectivity index (χ1n) is 8.46. The Morgan fingerprint density at radius 1 is 1.32 bits per heavy atom. The van der Waals surface area contributed by atoms with Gasteiger partial charge in [-0.25, -0.2) is 4.39 Å². The quantitative estimate of drug-likeness (QED) is 0.912. The van der Waals surface area contributed by atoms with Gasteiger partial charge in [0.15, 0.2) is 0 Å². The number of carbonyl (C=O) groups excluding carboxylic acids is 1. The van der Waals surface area contributed by atoms with Crippen molar-refractivity contribution in [2.75, 3.05) is 11.4 Å². The van der Waals surface area contributed by atoms with Crippen molar-refractivity contribution in [1.29, 1.82) is 0 Å². The van der Waals surface area contributed by atoms with E-state index >= 15 is 0 Å². The number of anilines is 1. The molecule has 0 radical (unpaired) electrons. The normalized spacial score (nSPS) is 28.7. The van der Waals surface area contributed by atoms with Crippen LogP contribution in [0.3, 0.4) is 0 Å². The number of benzene rings is 1. The lowest BCUT2D eigenvalue weighted by atomic mass is 9.65. The monoisotopic (exact) mass is 302 g/mol.